The first-order chi connectivity index (χ1) is 7.76. The Morgan fingerprint density at radius 3 is 2.81 bits per heavy atom. The van der Waals surface area contributed by atoms with Crippen LogP contribution in [0.5, 0.6) is 5.75 Å². The van der Waals surface area contributed by atoms with Gasteiger partial charge in [-0.2, -0.15) is 0 Å². The molecule has 0 bridgehead atoms. The van der Waals surface area contributed by atoms with E-state index in [2.05, 4.69) is 4.98 Å². The van der Waals surface area contributed by atoms with Crippen LogP contribution in [0.25, 0.3) is 0 Å². The predicted molar refractivity (Wildman–Crippen MR) is 60.4 cm³/mol. The van der Waals surface area contributed by atoms with Crippen LogP contribution in [0.1, 0.15) is 25.8 Å². The molecule has 0 saturated carbocycles. The van der Waals surface area contributed by atoms with Crippen LogP contribution >= 0.6 is 0 Å². The number of carbonyl (C=O) groups excluding carboxylic acids is 1. The summed E-state index contributed by atoms with van der Waals surface area (Å²) in [6, 6.07) is 1.90. The lowest BCUT2D eigenvalue weighted by molar-refractivity contribution is -0.143. The van der Waals surface area contributed by atoms with Gasteiger partial charge in [0.25, 0.3) is 0 Å². The van der Waals surface area contributed by atoms with Crippen LogP contribution in [0.3, 0.4) is 0 Å². The molecule has 0 spiro atoms. The molecule has 0 atom stereocenters. The first-order valence-corrected chi connectivity index (χ1v) is 5.48. The molecule has 1 aromatic rings. The van der Waals surface area contributed by atoms with E-state index < -0.39 is 0 Å². The second kappa shape index (κ2) is 6.82. The van der Waals surface area contributed by atoms with Crippen molar-refractivity contribution in [2.75, 3.05) is 13.2 Å². The van der Waals surface area contributed by atoms with Crippen LogP contribution < -0.4 is 4.74 Å². The number of aromatic nitrogens is 1. The van der Waals surface area contributed by atoms with E-state index in [4.69, 9.17) is 9.47 Å². The number of pyridine rings is 1. The molecule has 0 radical (unpaired) electrons. The van der Waals surface area contributed by atoms with Gasteiger partial charge >= 0.3 is 5.97 Å². The van der Waals surface area contributed by atoms with Crippen LogP contribution in [0.4, 0.5) is 0 Å². The molecular weight excluding hydrogens is 206 g/mol. The zero-order valence-electron chi connectivity index (χ0n) is 9.73. The topological polar surface area (TPSA) is 48.4 Å². The van der Waals surface area contributed by atoms with E-state index in [1.165, 1.54) is 0 Å². The Balaban J connectivity index is 2.47. The molecule has 0 amide bonds. The van der Waals surface area contributed by atoms with Gasteiger partial charge < -0.3 is 9.47 Å². The molecule has 0 aliphatic heterocycles. The predicted octanol–water partition coefficient (Wildman–Crippen LogP) is 1.98. The second-order valence-corrected chi connectivity index (χ2v) is 3.27. The van der Waals surface area contributed by atoms with E-state index in [9.17, 15) is 4.79 Å². The number of nitrogens with zero attached hydrogens (tertiary/aromatic N) is 1. The van der Waals surface area contributed by atoms with Gasteiger partial charge in [-0.05, 0) is 31.9 Å². The van der Waals surface area contributed by atoms with Gasteiger partial charge in [0.2, 0.25) is 0 Å². The molecular formula is C12H17NO3. The summed E-state index contributed by atoms with van der Waals surface area (Å²) in [5.41, 5.74) is 0.985. The molecule has 88 valence electrons. The van der Waals surface area contributed by atoms with Crippen molar-refractivity contribution in [3.8, 4) is 5.75 Å². The first-order valence-electron chi connectivity index (χ1n) is 5.48. The maximum atomic E-state index is 11.2. The van der Waals surface area contributed by atoms with Gasteiger partial charge in [0.1, 0.15) is 5.75 Å². The van der Waals surface area contributed by atoms with E-state index in [1.54, 1.807) is 19.3 Å². The normalized spacial score (nSPS) is 9.88. The smallest absolute Gasteiger partial charge is 0.306 e. The molecule has 0 aliphatic carbocycles. The zero-order chi connectivity index (χ0) is 11.8. The maximum Gasteiger partial charge on any atom is 0.306 e. The Morgan fingerprint density at radius 1 is 1.31 bits per heavy atom. The van der Waals surface area contributed by atoms with Gasteiger partial charge in [0, 0.05) is 12.6 Å². The standard InChI is InChI=1S/C12H17NO3/c1-3-15-11-7-10(8-13-9-11)5-6-12(14)16-4-2/h7-9H,3-6H2,1-2H3. The van der Waals surface area contributed by atoms with E-state index in [1.807, 2.05) is 13.0 Å². The number of hydrogen-bond donors (Lipinski definition) is 0. The van der Waals surface area contributed by atoms with Crippen molar-refractivity contribution in [3.63, 3.8) is 0 Å². The van der Waals surface area contributed by atoms with Crippen molar-refractivity contribution in [2.45, 2.75) is 26.7 Å². The Kier molecular flexibility index (Phi) is 5.32. The van der Waals surface area contributed by atoms with Crippen LogP contribution in [0.2, 0.25) is 0 Å². The summed E-state index contributed by atoms with van der Waals surface area (Å²) in [6.07, 6.45) is 4.41. The molecule has 0 N–H and O–H groups in total. The fourth-order valence-corrected chi connectivity index (χ4v) is 1.33. The van der Waals surface area contributed by atoms with Crippen LogP contribution in [0, 0.1) is 0 Å². The summed E-state index contributed by atoms with van der Waals surface area (Å²) in [5.74, 6) is 0.563. The summed E-state index contributed by atoms with van der Waals surface area (Å²) in [4.78, 5) is 15.2. The van der Waals surface area contributed by atoms with Gasteiger partial charge in [-0.1, -0.05) is 0 Å². The van der Waals surface area contributed by atoms with E-state index in [-0.39, 0.29) is 5.97 Å². The Labute approximate surface area is 95.6 Å². The number of rotatable bonds is 6. The summed E-state index contributed by atoms with van der Waals surface area (Å²) in [6.45, 7) is 4.76. The average molecular weight is 223 g/mol. The molecule has 0 fully saturated rings. The van der Waals surface area contributed by atoms with Crippen molar-refractivity contribution in [1.29, 1.82) is 0 Å². The molecule has 0 saturated heterocycles. The minimum absolute atomic E-state index is 0.177. The van der Waals surface area contributed by atoms with Gasteiger partial charge in [-0.25, -0.2) is 0 Å². The lowest BCUT2D eigenvalue weighted by atomic mass is 10.1. The van der Waals surface area contributed by atoms with Crippen molar-refractivity contribution >= 4 is 5.97 Å². The van der Waals surface area contributed by atoms with Crippen molar-refractivity contribution in [3.05, 3.63) is 24.0 Å². The van der Waals surface area contributed by atoms with Crippen molar-refractivity contribution < 1.29 is 14.3 Å². The maximum absolute atomic E-state index is 11.2. The highest BCUT2D eigenvalue weighted by molar-refractivity contribution is 5.69. The Morgan fingerprint density at radius 2 is 2.12 bits per heavy atom. The van der Waals surface area contributed by atoms with E-state index >= 15 is 0 Å². The van der Waals surface area contributed by atoms with E-state index in [0.717, 1.165) is 11.3 Å². The summed E-state index contributed by atoms with van der Waals surface area (Å²) < 4.78 is 10.2. The Hall–Kier alpha value is -1.58. The third kappa shape index (κ3) is 4.29. The van der Waals surface area contributed by atoms with Crippen LogP contribution in [-0.4, -0.2) is 24.2 Å². The fraction of sp³-hybridized carbons (Fsp3) is 0.500. The van der Waals surface area contributed by atoms with E-state index in [0.29, 0.717) is 26.1 Å². The highest BCUT2D eigenvalue weighted by Crippen LogP contribution is 2.12. The quantitative estimate of drug-likeness (QED) is 0.692. The third-order valence-electron chi connectivity index (χ3n) is 2.00. The zero-order valence-corrected chi connectivity index (χ0v) is 9.73. The summed E-state index contributed by atoms with van der Waals surface area (Å²) in [5, 5.41) is 0. The number of hydrogen-bond acceptors (Lipinski definition) is 4. The van der Waals surface area contributed by atoms with Crippen LogP contribution in [-0.2, 0) is 16.0 Å². The monoisotopic (exact) mass is 223 g/mol. The third-order valence-corrected chi connectivity index (χ3v) is 2.00. The number of aryl methyl sites for hydroxylation is 1. The minimum Gasteiger partial charge on any atom is -0.492 e. The highest BCUT2D eigenvalue weighted by Gasteiger charge is 2.03. The molecule has 0 aliphatic rings. The average Bonchev–Trinajstić information content (AvgIpc) is 2.28. The van der Waals surface area contributed by atoms with Gasteiger partial charge in [0.05, 0.1) is 19.4 Å². The van der Waals surface area contributed by atoms with Crippen molar-refractivity contribution in [2.24, 2.45) is 0 Å². The van der Waals surface area contributed by atoms with Gasteiger partial charge in [0.15, 0.2) is 0 Å². The fourth-order valence-electron chi connectivity index (χ4n) is 1.33. The first kappa shape index (κ1) is 12.5. The summed E-state index contributed by atoms with van der Waals surface area (Å²) >= 11 is 0. The molecule has 1 rings (SSSR count). The molecule has 1 heterocycles. The molecule has 4 heteroatoms. The van der Waals surface area contributed by atoms with Crippen LogP contribution in [0.15, 0.2) is 18.5 Å². The SMILES string of the molecule is CCOC(=O)CCc1cncc(OCC)c1. The van der Waals surface area contributed by atoms with Crippen molar-refractivity contribution in [1.82, 2.24) is 4.98 Å². The number of esters is 1. The van der Waals surface area contributed by atoms with Gasteiger partial charge in [-0.3, -0.25) is 9.78 Å². The lowest BCUT2D eigenvalue weighted by Gasteiger charge is -2.05. The minimum atomic E-state index is -0.177. The van der Waals surface area contributed by atoms with Gasteiger partial charge in [-0.15, -0.1) is 0 Å². The largest absolute Gasteiger partial charge is 0.492 e. The number of carbonyl (C=O) groups is 1. The Bertz CT molecular complexity index is 339. The lowest BCUT2D eigenvalue weighted by Crippen LogP contribution is -2.05. The summed E-state index contributed by atoms with van der Waals surface area (Å²) in [7, 11) is 0. The molecule has 4 nitrogen and oxygen atoms in total. The second-order valence-electron chi connectivity index (χ2n) is 3.27. The highest BCUT2D eigenvalue weighted by atomic mass is 16.5. The molecule has 0 aromatic carbocycles. The molecule has 1 aromatic heterocycles. The molecule has 16 heavy (non-hydrogen) atoms. The molecule has 0 unspecified atom stereocenters. The number of ether oxygens (including phenoxy) is 2.